The summed E-state index contributed by atoms with van der Waals surface area (Å²) in [7, 11) is 0. The maximum absolute atomic E-state index is 6.04. The molecule has 19 heavy (non-hydrogen) atoms. The number of ether oxygens (including phenoxy) is 1. The van der Waals surface area contributed by atoms with Crippen LogP contribution in [-0.4, -0.2) is 39.7 Å². The molecule has 5 heteroatoms. The second-order valence-corrected chi connectivity index (χ2v) is 6.66. The number of hydrogen-bond donors (Lipinski definition) is 1. The molecule has 0 bridgehead atoms. The molecule has 2 unspecified atom stereocenters. The summed E-state index contributed by atoms with van der Waals surface area (Å²) >= 11 is 2.02. The Balaban J connectivity index is 1.53. The predicted molar refractivity (Wildman–Crippen MR) is 77.3 cm³/mol. The lowest BCUT2D eigenvalue weighted by Crippen LogP contribution is -2.47. The average Bonchev–Trinajstić information content (AvgIpc) is 2.86. The van der Waals surface area contributed by atoms with Crippen molar-refractivity contribution in [2.45, 2.75) is 44.4 Å². The van der Waals surface area contributed by atoms with Gasteiger partial charge in [0.2, 0.25) is 0 Å². The number of hydrogen-bond acceptors (Lipinski definition) is 5. The quantitative estimate of drug-likeness (QED) is 0.916. The van der Waals surface area contributed by atoms with Gasteiger partial charge in [-0.1, -0.05) is 0 Å². The third-order valence-corrected chi connectivity index (χ3v) is 5.19. The van der Waals surface area contributed by atoms with Crippen LogP contribution >= 0.6 is 11.8 Å². The van der Waals surface area contributed by atoms with Crippen molar-refractivity contribution in [3.8, 4) is 0 Å². The first-order chi connectivity index (χ1) is 9.26. The number of nitrogens with one attached hydrogen (secondary N) is 1. The lowest BCUT2D eigenvalue weighted by atomic mass is 9.90. The van der Waals surface area contributed by atoms with Gasteiger partial charge in [0.05, 0.1) is 17.0 Å². The van der Waals surface area contributed by atoms with Gasteiger partial charge in [0.1, 0.15) is 0 Å². The fraction of sp³-hybridized carbons (Fsp3) is 0.714. The molecule has 3 heterocycles. The molecule has 0 saturated carbocycles. The molecule has 3 rings (SSSR count). The minimum Gasteiger partial charge on any atom is -0.374 e. The molecule has 0 radical (unpaired) electrons. The topological polar surface area (TPSA) is 47.0 Å². The van der Waals surface area contributed by atoms with Gasteiger partial charge in [-0.2, -0.15) is 11.8 Å². The highest BCUT2D eigenvalue weighted by Crippen LogP contribution is 2.38. The van der Waals surface area contributed by atoms with Crippen LogP contribution in [-0.2, 0) is 11.3 Å². The van der Waals surface area contributed by atoms with E-state index >= 15 is 0 Å². The van der Waals surface area contributed by atoms with E-state index in [-0.39, 0.29) is 5.60 Å². The minimum atomic E-state index is 0.152. The van der Waals surface area contributed by atoms with Crippen LogP contribution in [0.3, 0.4) is 0 Å². The zero-order chi connectivity index (χ0) is 13.1. The highest BCUT2D eigenvalue weighted by molar-refractivity contribution is 7.99. The number of aryl methyl sites for hydroxylation is 1. The molecule has 2 fully saturated rings. The minimum absolute atomic E-state index is 0.152. The zero-order valence-electron chi connectivity index (χ0n) is 11.4. The number of aromatic nitrogens is 2. The molecule has 0 amide bonds. The fourth-order valence-electron chi connectivity index (χ4n) is 2.82. The standard InChI is InChI=1S/C14H21N3OS/c1-11-7-16-13(8-15-11)9-17-12-2-4-18-14(6-12)3-5-19-10-14/h7-8,12,17H,2-6,9-10H2,1H3. The Hall–Kier alpha value is -0.650. The lowest BCUT2D eigenvalue weighted by molar-refractivity contribution is -0.0703. The molecular formula is C14H21N3OS. The van der Waals surface area contributed by atoms with Crippen molar-refractivity contribution in [1.82, 2.24) is 15.3 Å². The summed E-state index contributed by atoms with van der Waals surface area (Å²) < 4.78 is 6.04. The Labute approximate surface area is 118 Å². The molecule has 104 valence electrons. The van der Waals surface area contributed by atoms with E-state index in [1.165, 1.54) is 12.2 Å². The number of thioether (sulfide) groups is 1. The van der Waals surface area contributed by atoms with Gasteiger partial charge < -0.3 is 10.1 Å². The Morgan fingerprint density at radius 2 is 2.42 bits per heavy atom. The second kappa shape index (κ2) is 5.77. The van der Waals surface area contributed by atoms with E-state index in [1.807, 2.05) is 31.1 Å². The van der Waals surface area contributed by atoms with Crippen LogP contribution in [0.15, 0.2) is 12.4 Å². The predicted octanol–water partition coefficient (Wildman–Crippen LogP) is 1.93. The third kappa shape index (κ3) is 3.27. The Morgan fingerprint density at radius 1 is 1.47 bits per heavy atom. The SMILES string of the molecule is Cc1cnc(CNC2CCOC3(CCSC3)C2)cn1. The largest absolute Gasteiger partial charge is 0.374 e. The van der Waals surface area contributed by atoms with Crippen molar-refractivity contribution >= 4 is 11.8 Å². The Bertz CT molecular complexity index is 417. The summed E-state index contributed by atoms with van der Waals surface area (Å²) in [5, 5.41) is 3.62. The van der Waals surface area contributed by atoms with Crippen LogP contribution in [0.2, 0.25) is 0 Å². The second-order valence-electron chi connectivity index (χ2n) is 5.55. The molecule has 1 aromatic rings. The molecule has 2 aliphatic rings. The van der Waals surface area contributed by atoms with Crippen molar-refractivity contribution < 1.29 is 4.74 Å². The Kier molecular flexibility index (Phi) is 4.05. The molecule has 0 aliphatic carbocycles. The van der Waals surface area contributed by atoms with Gasteiger partial charge >= 0.3 is 0 Å². The molecule has 2 atom stereocenters. The summed E-state index contributed by atoms with van der Waals surface area (Å²) in [6.45, 7) is 3.66. The van der Waals surface area contributed by atoms with Gasteiger partial charge in [-0.3, -0.25) is 9.97 Å². The third-order valence-electron chi connectivity index (χ3n) is 3.97. The van der Waals surface area contributed by atoms with Crippen molar-refractivity contribution in [3.63, 3.8) is 0 Å². The van der Waals surface area contributed by atoms with Gasteiger partial charge in [0, 0.05) is 37.3 Å². The number of nitrogens with zero attached hydrogens (tertiary/aromatic N) is 2. The van der Waals surface area contributed by atoms with Crippen molar-refractivity contribution in [2.24, 2.45) is 0 Å². The molecule has 1 spiro atoms. The molecule has 0 aromatic carbocycles. The normalized spacial score (nSPS) is 30.9. The van der Waals surface area contributed by atoms with Crippen LogP contribution < -0.4 is 5.32 Å². The highest BCUT2D eigenvalue weighted by atomic mass is 32.2. The molecule has 1 N–H and O–H groups in total. The monoisotopic (exact) mass is 279 g/mol. The first-order valence-electron chi connectivity index (χ1n) is 6.98. The molecule has 2 aliphatic heterocycles. The van der Waals surface area contributed by atoms with Gasteiger partial charge in [-0.25, -0.2) is 0 Å². The van der Waals surface area contributed by atoms with Crippen molar-refractivity contribution in [1.29, 1.82) is 0 Å². The van der Waals surface area contributed by atoms with Crippen LogP contribution in [0, 0.1) is 6.92 Å². The summed E-state index contributed by atoms with van der Waals surface area (Å²) in [6.07, 6.45) is 7.14. The summed E-state index contributed by atoms with van der Waals surface area (Å²) in [6, 6.07) is 0.551. The summed E-state index contributed by atoms with van der Waals surface area (Å²) in [4.78, 5) is 8.67. The van der Waals surface area contributed by atoms with E-state index in [1.54, 1.807) is 0 Å². The summed E-state index contributed by atoms with van der Waals surface area (Å²) in [5.74, 6) is 2.41. The van der Waals surface area contributed by atoms with Crippen LogP contribution in [0.1, 0.15) is 30.7 Å². The first-order valence-corrected chi connectivity index (χ1v) is 8.14. The molecule has 4 nitrogen and oxygen atoms in total. The maximum Gasteiger partial charge on any atom is 0.0795 e. The fourth-order valence-corrected chi connectivity index (χ4v) is 4.20. The first kappa shape index (κ1) is 13.3. The van der Waals surface area contributed by atoms with E-state index in [9.17, 15) is 0 Å². The average molecular weight is 279 g/mol. The molecule has 2 saturated heterocycles. The number of rotatable bonds is 3. The van der Waals surface area contributed by atoms with E-state index in [0.717, 1.165) is 43.1 Å². The van der Waals surface area contributed by atoms with Crippen molar-refractivity contribution in [3.05, 3.63) is 23.8 Å². The maximum atomic E-state index is 6.04. The van der Waals surface area contributed by atoms with E-state index < -0.39 is 0 Å². The smallest absolute Gasteiger partial charge is 0.0795 e. The van der Waals surface area contributed by atoms with Crippen LogP contribution in [0.25, 0.3) is 0 Å². The van der Waals surface area contributed by atoms with Gasteiger partial charge in [-0.05, 0) is 31.9 Å². The lowest BCUT2D eigenvalue weighted by Gasteiger charge is -2.38. The van der Waals surface area contributed by atoms with E-state index in [2.05, 4.69) is 15.3 Å². The van der Waals surface area contributed by atoms with E-state index in [0.29, 0.717) is 6.04 Å². The van der Waals surface area contributed by atoms with Gasteiger partial charge in [-0.15, -0.1) is 0 Å². The van der Waals surface area contributed by atoms with Crippen LogP contribution in [0.4, 0.5) is 0 Å². The molecular weight excluding hydrogens is 258 g/mol. The van der Waals surface area contributed by atoms with E-state index in [4.69, 9.17) is 4.74 Å². The Morgan fingerprint density at radius 3 is 3.16 bits per heavy atom. The molecule has 1 aromatic heterocycles. The van der Waals surface area contributed by atoms with Gasteiger partial charge in [0.15, 0.2) is 0 Å². The van der Waals surface area contributed by atoms with Crippen molar-refractivity contribution in [2.75, 3.05) is 18.1 Å². The summed E-state index contributed by atoms with van der Waals surface area (Å²) in [5.41, 5.74) is 2.14. The van der Waals surface area contributed by atoms with Crippen LogP contribution in [0.5, 0.6) is 0 Å². The highest BCUT2D eigenvalue weighted by Gasteiger charge is 2.40. The van der Waals surface area contributed by atoms with Gasteiger partial charge in [0.25, 0.3) is 0 Å². The zero-order valence-corrected chi connectivity index (χ0v) is 12.2.